The average molecular weight is 427 g/mol. The minimum atomic E-state index is -0.873. The van der Waals surface area contributed by atoms with Crippen molar-refractivity contribution in [2.75, 3.05) is 26.8 Å². The third-order valence-corrected chi connectivity index (χ3v) is 5.83. The number of ether oxygens (including phenoxy) is 2. The van der Waals surface area contributed by atoms with Crippen LogP contribution in [0.3, 0.4) is 0 Å². The Balaban J connectivity index is 1.94. The largest absolute Gasteiger partial charge is 0.497 e. The molecule has 2 heterocycles. The first-order valence-corrected chi connectivity index (χ1v) is 10.6. The number of carbonyl (C=O) groups is 2. The van der Waals surface area contributed by atoms with Crippen molar-refractivity contribution in [3.8, 4) is 5.75 Å². The summed E-state index contributed by atoms with van der Waals surface area (Å²) in [6.45, 7) is 6.28. The third kappa shape index (κ3) is 4.81. The second-order valence-electron chi connectivity index (χ2n) is 8.20. The zero-order valence-electron chi connectivity index (χ0n) is 18.6. The predicted octanol–water partition coefficient (Wildman–Crippen LogP) is 3.03. The predicted molar refractivity (Wildman–Crippen MR) is 117 cm³/mol. The standard InChI is InChI=1S/C24H30N2O5/c1-5-31-23(29)24(14-18-8-6-9-19(13-18)30-4)10-7-11-26(15-24)22(28)20-16(2)12-17(3)25-21(20)27/h6,8-9,12-13H,5,7,10-11,14-15H2,1-4H3,(H,25,27)/t24-/m1/s1. The number of likely N-dealkylation sites (tertiary alicyclic amines) is 1. The zero-order valence-corrected chi connectivity index (χ0v) is 18.6. The summed E-state index contributed by atoms with van der Waals surface area (Å²) in [7, 11) is 1.60. The fourth-order valence-corrected chi connectivity index (χ4v) is 4.42. The molecule has 2 aromatic rings. The molecule has 1 aliphatic rings. The fourth-order valence-electron chi connectivity index (χ4n) is 4.42. The Kier molecular flexibility index (Phi) is 6.83. The van der Waals surface area contributed by atoms with Crippen LogP contribution in [0.5, 0.6) is 5.75 Å². The van der Waals surface area contributed by atoms with Crippen molar-refractivity contribution < 1.29 is 19.1 Å². The molecule has 1 N–H and O–H groups in total. The molecule has 1 aromatic heterocycles. The van der Waals surface area contributed by atoms with E-state index in [1.54, 1.807) is 38.8 Å². The Morgan fingerprint density at radius 3 is 2.68 bits per heavy atom. The summed E-state index contributed by atoms with van der Waals surface area (Å²) in [4.78, 5) is 43.2. The monoisotopic (exact) mass is 426 g/mol. The molecule has 0 spiro atoms. The molecular formula is C24H30N2O5. The van der Waals surface area contributed by atoms with Crippen LogP contribution in [0.1, 0.15) is 46.9 Å². The number of hydrogen-bond donors (Lipinski definition) is 1. The average Bonchev–Trinajstić information content (AvgIpc) is 2.73. The lowest BCUT2D eigenvalue weighted by atomic mass is 9.75. The molecule has 7 nitrogen and oxygen atoms in total. The van der Waals surface area contributed by atoms with Crippen molar-refractivity contribution in [1.82, 2.24) is 9.88 Å². The highest BCUT2D eigenvalue weighted by molar-refractivity contribution is 5.95. The summed E-state index contributed by atoms with van der Waals surface area (Å²) in [6, 6.07) is 9.36. The van der Waals surface area contributed by atoms with Gasteiger partial charge in [-0.2, -0.15) is 0 Å². The Hall–Kier alpha value is -3.09. The van der Waals surface area contributed by atoms with E-state index < -0.39 is 11.0 Å². The molecule has 0 bridgehead atoms. The topological polar surface area (TPSA) is 88.7 Å². The summed E-state index contributed by atoms with van der Waals surface area (Å²) < 4.78 is 10.8. The minimum Gasteiger partial charge on any atom is -0.497 e. The second-order valence-corrected chi connectivity index (χ2v) is 8.20. The maximum absolute atomic E-state index is 13.3. The number of amides is 1. The first-order chi connectivity index (χ1) is 14.8. The van der Waals surface area contributed by atoms with Crippen molar-refractivity contribution in [2.24, 2.45) is 5.41 Å². The number of rotatable bonds is 6. The summed E-state index contributed by atoms with van der Waals surface area (Å²) >= 11 is 0. The highest BCUT2D eigenvalue weighted by Crippen LogP contribution is 2.36. The van der Waals surface area contributed by atoms with Gasteiger partial charge in [-0.05, 0) is 69.4 Å². The molecule has 1 fully saturated rings. The molecule has 1 saturated heterocycles. The van der Waals surface area contributed by atoms with E-state index >= 15 is 0 Å². The van der Waals surface area contributed by atoms with E-state index in [0.717, 1.165) is 5.56 Å². The first-order valence-electron chi connectivity index (χ1n) is 10.6. The van der Waals surface area contributed by atoms with Gasteiger partial charge in [0.05, 0.1) is 19.1 Å². The van der Waals surface area contributed by atoms with Crippen LogP contribution >= 0.6 is 0 Å². The van der Waals surface area contributed by atoms with Crippen LogP contribution in [-0.2, 0) is 16.0 Å². The highest BCUT2D eigenvalue weighted by Gasteiger charge is 2.45. The lowest BCUT2D eigenvalue weighted by Gasteiger charge is -2.41. The fraction of sp³-hybridized carbons (Fsp3) is 0.458. The van der Waals surface area contributed by atoms with Gasteiger partial charge in [-0.15, -0.1) is 0 Å². The van der Waals surface area contributed by atoms with Crippen LogP contribution in [0.25, 0.3) is 0 Å². The van der Waals surface area contributed by atoms with Crippen LogP contribution in [0, 0.1) is 19.3 Å². The Morgan fingerprint density at radius 2 is 2.00 bits per heavy atom. The van der Waals surface area contributed by atoms with Crippen molar-refractivity contribution in [1.29, 1.82) is 0 Å². The van der Waals surface area contributed by atoms with E-state index in [9.17, 15) is 14.4 Å². The minimum absolute atomic E-state index is 0.131. The van der Waals surface area contributed by atoms with Gasteiger partial charge >= 0.3 is 5.97 Å². The lowest BCUT2D eigenvalue weighted by Crippen LogP contribution is -2.52. The number of nitrogens with one attached hydrogen (secondary N) is 1. The number of benzene rings is 1. The van der Waals surface area contributed by atoms with Gasteiger partial charge in [0.15, 0.2) is 0 Å². The number of pyridine rings is 1. The van der Waals surface area contributed by atoms with E-state index in [1.807, 2.05) is 24.3 Å². The van der Waals surface area contributed by atoms with Crippen LogP contribution in [0.15, 0.2) is 35.1 Å². The SMILES string of the molecule is CCOC(=O)[C@@]1(Cc2cccc(OC)c2)CCCN(C(=O)c2c(C)cc(C)[nH]c2=O)C1. The van der Waals surface area contributed by atoms with E-state index in [4.69, 9.17) is 9.47 Å². The van der Waals surface area contributed by atoms with Crippen molar-refractivity contribution in [3.05, 3.63) is 63.1 Å². The van der Waals surface area contributed by atoms with Crippen LogP contribution in [0.2, 0.25) is 0 Å². The Bertz CT molecular complexity index is 1030. The van der Waals surface area contributed by atoms with E-state index in [-0.39, 0.29) is 30.6 Å². The molecule has 0 unspecified atom stereocenters. The third-order valence-electron chi connectivity index (χ3n) is 5.83. The van der Waals surface area contributed by atoms with Gasteiger partial charge in [0.2, 0.25) is 0 Å². The van der Waals surface area contributed by atoms with Crippen molar-refractivity contribution in [3.63, 3.8) is 0 Å². The number of piperidine rings is 1. The number of nitrogens with zero attached hydrogens (tertiary/aromatic N) is 1. The van der Waals surface area contributed by atoms with Gasteiger partial charge in [0.25, 0.3) is 11.5 Å². The van der Waals surface area contributed by atoms with Crippen LogP contribution < -0.4 is 10.3 Å². The van der Waals surface area contributed by atoms with Gasteiger partial charge in [-0.1, -0.05) is 12.1 Å². The number of aryl methyl sites for hydroxylation is 2. The van der Waals surface area contributed by atoms with Gasteiger partial charge in [0, 0.05) is 18.8 Å². The van der Waals surface area contributed by atoms with Crippen molar-refractivity contribution in [2.45, 2.75) is 40.0 Å². The number of aromatic amines is 1. The number of esters is 1. The quantitative estimate of drug-likeness (QED) is 0.718. The molecule has 31 heavy (non-hydrogen) atoms. The summed E-state index contributed by atoms with van der Waals surface area (Å²) in [5.74, 6) is 0.0460. The maximum atomic E-state index is 13.3. The number of aromatic nitrogens is 1. The highest BCUT2D eigenvalue weighted by atomic mass is 16.5. The summed E-state index contributed by atoms with van der Waals surface area (Å²) in [5, 5.41) is 0. The molecule has 0 aliphatic carbocycles. The van der Waals surface area contributed by atoms with E-state index in [0.29, 0.717) is 42.8 Å². The molecule has 1 aliphatic heterocycles. The smallest absolute Gasteiger partial charge is 0.314 e. The van der Waals surface area contributed by atoms with E-state index in [2.05, 4.69) is 4.98 Å². The molecule has 3 rings (SSSR count). The summed E-state index contributed by atoms with van der Waals surface area (Å²) in [6.07, 6.45) is 1.68. The van der Waals surface area contributed by atoms with Gasteiger partial charge in [0.1, 0.15) is 11.3 Å². The Morgan fingerprint density at radius 1 is 1.23 bits per heavy atom. The molecule has 1 atom stereocenters. The van der Waals surface area contributed by atoms with Crippen LogP contribution in [0.4, 0.5) is 0 Å². The first kappa shape index (κ1) is 22.6. The Labute approximate surface area is 182 Å². The summed E-state index contributed by atoms with van der Waals surface area (Å²) in [5.41, 5.74) is 1.13. The molecule has 1 aromatic carbocycles. The molecule has 0 radical (unpaired) electrons. The number of carbonyl (C=O) groups excluding carboxylic acids is 2. The molecule has 0 saturated carbocycles. The van der Waals surface area contributed by atoms with Gasteiger partial charge < -0.3 is 19.4 Å². The normalized spacial score (nSPS) is 18.5. The number of hydrogen-bond acceptors (Lipinski definition) is 5. The second kappa shape index (κ2) is 9.37. The maximum Gasteiger partial charge on any atom is 0.314 e. The zero-order chi connectivity index (χ0) is 22.6. The van der Waals surface area contributed by atoms with Gasteiger partial charge in [-0.3, -0.25) is 14.4 Å². The van der Waals surface area contributed by atoms with Crippen LogP contribution in [-0.4, -0.2) is 48.6 Å². The lowest BCUT2D eigenvalue weighted by molar-refractivity contribution is -0.158. The molecular weight excluding hydrogens is 396 g/mol. The number of H-pyrrole nitrogens is 1. The molecule has 1 amide bonds. The molecule has 166 valence electrons. The number of methoxy groups -OCH3 is 1. The van der Waals surface area contributed by atoms with Gasteiger partial charge in [-0.25, -0.2) is 0 Å². The van der Waals surface area contributed by atoms with Crippen molar-refractivity contribution >= 4 is 11.9 Å². The molecule has 7 heteroatoms. The van der Waals surface area contributed by atoms with E-state index in [1.165, 1.54) is 0 Å².